The Hall–Kier alpha value is -2.87. The zero-order chi connectivity index (χ0) is 14.1. The second kappa shape index (κ2) is 4.91. The Morgan fingerprint density at radius 3 is 2.33 bits per heavy atom. The van der Waals surface area contributed by atoms with E-state index in [0.717, 1.165) is 16.5 Å². The van der Waals surface area contributed by atoms with Crippen LogP contribution in [0.4, 0.5) is 0 Å². The van der Waals surface area contributed by atoms with Gasteiger partial charge in [-0.2, -0.15) is 0 Å². The Morgan fingerprint density at radius 1 is 0.619 bits per heavy atom. The van der Waals surface area contributed by atoms with Crippen LogP contribution in [0, 0.1) is 0 Å². The molecule has 4 rings (SSSR count). The maximum absolute atomic E-state index is 5.93. The Balaban J connectivity index is 1.92. The third-order valence-corrected chi connectivity index (χ3v) is 3.59. The Kier molecular flexibility index (Phi) is 2.79. The average Bonchev–Trinajstić information content (AvgIpc) is 2.56. The Labute approximate surface area is 122 Å². The maximum atomic E-state index is 5.93. The largest absolute Gasteiger partial charge is 0.438 e. The molecule has 0 amide bonds. The fourth-order valence-electron chi connectivity index (χ4n) is 2.59. The fourth-order valence-corrected chi connectivity index (χ4v) is 2.59. The van der Waals surface area contributed by atoms with Crippen molar-refractivity contribution in [1.82, 2.24) is 4.98 Å². The average molecular weight is 271 g/mol. The molecule has 0 aliphatic heterocycles. The number of aromatic nitrogens is 1. The molecule has 2 nitrogen and oxygen atoms in total. The van der Waals surface area contributed by atoms with Crippen LogP contribution in [0.2, 0.25) is 0 Å². The van der Waals surface area contributed by atoms with Gasteiger partial charge in [0.05, 0.1) is 0 Å². The summed E-state index contributed by atoms with van der Waals surface area (Å²) >= 11 is 0. The molecule has 0 fully saturated rings. The number of rotatable bonds is 2. The number of ether oxygens (including phenoxy) is 1. The highest BCUT2D eigenvalue weighted by Crippen LogP contribution is 2.32. The van der Waals surface area contributed by atoms with Crippen molar-refractivity contribution in [3.8, 4) is 11.6 Å². The number of para-hydroxylation sites is 1. The van der Waals surface area contributed by atoms with Crippen LogP contribution in [0.25, 0.3) is 21.5 Å². The van der Waals surface area contributed by atoms with E-state index in [4.69, 9.17) is 4.74 Å². The molecular weight excluding hydrogens is 258 g/mol. The van der Waals surface area contributed by atoms with E-state index in [2.05, 4.69) is 41.4 Å². The molecule has 21 heavy (non-hydrogen) atoms. The molecule has 0 saturated heterocycles. The highest BCUT2D eigenvalue weighted by atomic mass is 16.5. The first kappa shape index (κ1) is 11.9. The first-order valence-corrected chi connectivity index (χ1v) is 6.91. The van der Waals surface area contributed by atoms with Crippen LogP contribution in [-0.4, -0.2) is 4.98 Å². The lowest BCUT2D eigenvalue weighted by molar-refractivity contribution is 0.469. The molecule has 100 valence electrons. The standard InChI is InChI=1S/C19H13NO/c1-2-7-15(8-3-1)21-19-18-11-10-14-6-4-5-9-16(14)17(18)12-13-20-19/h1-13H. The summed E-state index contributed by atoms with van der Waals surface area (Å²) in [6.07, 6.45) is 1.80. The number of hydrogen-bond donors (Lipinski definition) is 0. The number of fused-ring (bicyclic) bond motifs is 3. The van der Waals surface area contributed by atoms with Gasteiger partial charge >= 0.3 is 0 Å². The zero-order valence-electron chi connectivity index (χ0n) is 11.4. The highest BCUT2D eigenvalue weighted by Gasteiger charge is 2.07. The van der Waals surface area contributed by atoms with Gasteiger partial charge in [-0.1, -0.05) is 48.5 Å². The van der Waals surface area contributed by atoms with E-state index in [9.17, 15) is 0 Å². The molecular formula is C19H13NO. The molecule has 4 aromatic rings. The van der Waals surface area contributed by atoms with E-state index in [1.54, 1.807) is 6.20 Å². The minimum absolute atomic E-state index is 0.643. The number of nitrogens with zero attached hydrogens (tertiary/aromatic N) is 1. The molecule has 1 heterocycles. The molecule has 0 radical (unpaired) electrons. The predicted octanol–water partition coefficient (Wildman–Crippen LogP) is 5.18. The van der Waals surface area contributed by atoms with Crippen LogP contribution < -0.4 is 4.74 Å². The van der Waals surface area contributed by atoms with E-state index in [1.807, 2.05) is 36.4 Å². The van der Waals surface area contributed by atoms with Gasteiger partial charge < -0.3 is 4.74 Å². The van der Waals surface area contributed by atoms with Gasteiger partial charge in [-0.15, -0.1) is 0 Å². The van der Waals surface area contributed by atoms with Crippen LogP contribution in [0.1, 0.15) is 0 Å². The predicted molar refractivity (Wildman–Crippen MR) is 85.8 cm³/mol. The zero-order valence-corrected chi connectivity index (χ0v) is 11.4. The van der Waals surface area contributed by atoms with Crippen molar-refractivity contribution in [3.63, 3.8) is 0 Å². The smallest absolute Gasteiger partial charge is 0.227 e. The second-order valence-electron chi connectivity index (χ2n) is 4.91. The number of pyridine rings is 1. The first-order chi connectivity index (χ1) is 10.4. The monoisotopic (exact) mass is 271 g/mol. The van der Waals surface area contributed by atoms with Gasteiger partial charge in [0.2, 0.25) is 5.88 Å². The van der Waals surface area contributed by atoms with Crippen molar-refractivity contribution in [2.24, 2.45) is 0 Å². The van der Waals surface area contributed by atoms with Gasteiger partial charge in [0.1, 0.15) is 5.75 Å². The Bertz CT molecular complexity index is 916. The van der Waals surface area contributed by atoms with Crippen molar-refractivity contribution in [2.45, 2.75) is 0 Å². The van der Waals surface area contributed by atoms with Crippen LogP contribution >= 0.6 is 0 Å². The topological polar surface area (TPSA) is 22.1 Å². The first-order valence-electron chi connectivity index (χ1n) is 6.91. The normalized spacial score (nSPS) is 10.9. The summed E-state index contributed by atoms with van der Waals surface area (Å²) < 4.78 is 5.93. The van der Waals surface area contributed by atoms with E-state index in [1.165, 1.54) is 10.8 Å². The molecule has 0 atom stereocenters. The van der Waals surface area contributed by atoms with Crippen LogP contribution in [-0.2, 0) is 0 Å². The van der Waals surface area contributed by atoms with E-state index in [-0.39, 0.29) is 0 Å². The molecule has 3 aromatic carbocycles. The van der Waals surface area contributed by atoms with Gasteiger partial charge in [-0.25, -0.2) is 4.98 Å². The molecule has 0 spiro atoms. The summed E-state index contributed by atoms with van der Waals surface area (Å²) in [6, 6.07) is 24.3. The van der Waals surface area contributed by atoms with E-state index in [0.29, 0.717) is 5.88 Å². The molecule has 2 heteroatoms. The molecule has 0 N–H and O–H groups in total. The summed E-state index contributed by atoms with van der Waals surface area (Å²) in [4.78, 5) is 4.39. The molecule has 0 aliphatic rings. The Morgan fingerprint density at radius 2 is 1.43 bits per heavy atom. The molecule has 0 unspecified atom stereocenters. The minimum atomic E-state index is 0.643. The number of benzene rings is 3. The van der Waals surface area contributed by atoms with Crippen molar-refractivity contribution in [3.05, 3.63) is 79.0 Å². The summed E-state index contributed by atoms with van der Waals surface area (Å²) in [5, 5.41) is 4.63. The summed E-state index contributed by atoms with van der Waals surface area (Å²) in [5.74, 6) is 1.44. The van der Waals surface area contributed by atoms with Crippen LogP contribution in [0.5, 0.6) is 11.6 Å². The van der Waals surface area contributed by atoms with Gasteiger partial charge in [-0.3, -0.25) is 0 Å². The summed E-state index contributed by atoms with van der Waals surface area (Å²) in [6.45, 7) is 0. The SMILES string of the molecule is c1ccc(Oc2nccc3c2ccc2ccccc23)cc1. The van der Waals surface area contributed by atoms with Crippen molar-refractivity contribution < 1.29 is 4.74 Å². The molecule has 0 saturated carbocycles. The van der Waals surface area contributed by atoms with Gasteiger partial charge in [0.25, 0.3) is 0 Å². The maximum Gasteiger partial charge on any atom is 0.227 e. The third-order valence-electron chi connectivity index (χ3n) is 3.59. The van der Waals surface area contributed by atoms with E-state index >= 15 is 0 Å². The third kappa shape index (κ3) is 2.11. The van der Waals surface area contributed by atoms with Crippen molar-refractivity contribution >= 4 is 21.5 Å². The molecule has 1 aromatic heterocycles. The quantitative estimate of drug-likeness (QED) is 0.469. The van der Waals surface area contributed by atoms with Crippen LogP contribution in [0.3, 0.4) is 0 Å². The summed E-state index contributed by atoms with van der Waals surface area (Å²) in [7, 11) is 0. The van der Waals surface area contributed by atoms with Crippen LogP contribution in [0.15, 0.2) is 79.0 Å². The minimum Gasteiger partial charge on any atom is -0.438 e. The summed E-state index contributed by atoms with van der Waals surface area (Å²) in [5.41, 5.74) is 0. The lowest BCUT2D eigenvalue weighted by Crippen LogP contribution is -1.89. The lowest BCUT2D eigenvalue weighted by Gasteiger charge is -2.09. The van der Waals surface area contributed by atoms with E-state index < -0.39 is 0 Å². The van der Waals surface area contributed by atoms with Gasteiger partial charge in [0.15, 0.2) is 0 Å². The number of hydrogen-bond acceptors (Lipinski definition) is 2. The molecule has 0 bridgehead atoms. The van der Waals surface area contributed by atoms with Crippen molar-refractivity contribution in [1.29, 1.82) is 0 Å². The molecule has 0 aliphatic carbocycles. The van der Waals surface area contributed by atoms with Gasteiger partial charge in [-0.05, 0) is 40.4 Å². The van der Waals surface area contributed by atoms with Crippen molar-refractivity contribution in [2.75, 3.05) is 0 Å². The second-order valence-corrected chi connectivity index (χ2v) is 4.91. The van der Waals surface area contributed by atoms with Gasteiger partial charge in [0, 0.05) is 11.6 Å². The fraction of sp³-hybridized carbons (Fsp3) is 0. The lowest BCUT2D eigenvalue weighted by atomic mass is 10.0. The highest BCUT2D eigenvalue weighted by molar-refractivity contribution is 6.08.